The third-order valence-electron chi connectivity index (χ3n) is 2.99. The molecule has 8 heteroatoms. The van der Waals surface area contributed by atoms with Crippen LogP contribution in [0.15, 0.2) is 9.82 Å². The van der Waals surface area contributed by atoms with Crippen LogP contribution >= 0.6 is 11.8 Å². The van der Waals surface area contributed by atoms with Crippen molar-refractivity contribution in [1.82, 2.24) is 15.3 Å². The van der Waals surface area contributed by atoms with Crippen LogP contribution in [0.2, 0.25) is 0 Å². The minimum Gasteiger partial charge on any atom is -0.478 e. The van der Waals surface area contributed by atoms with E-state index in [1.54, 1.807) is 0 Å². The van der Waals surface area contributed by atoms with Gasteiger partial charge in [-0.2, -0.15) is 4.98 Å². The average Bonchev–Trinajstić information content (AvgIpc) is 2.41. The molecule has 0 unspecified atom stereocenters. The van der Waals surface area contributed by atoms with Gasteiger partial charge in [0.25, 0.3) is 0 Å². The van der Waals surface area contributed by atoms with E-state index < -0.39 is 11.7 Å². The number of carboxylic acid groups (broad SMARTS) is 1. The summed E-state index contributed by atoms with van der Waals surface area (Å²) in [6, 6.07) is 0.103. The van der Waals surface area contributed by atoms with Gasteiger partial charge in [-0.25, -0.2) is 9.59 Å². The fourth-order valence-corrected chi connectivity index (χ4v) is 2.70. The van der Waals surface area contributed by atoms with Crippen molar-refractivity contribution >= 4 is 23.6 Å². The first-order valence-corrected chi connectivity index (χ1v) is 7.63. The molecule has 1 amide bonds. The summed E-state index contributed by atoms with van der Waals surface area (Å²) < 4.78 is 0. The number of aromatic carboxylic acids is 1. The molecule has 0 saturated heterocycles. The molecule has 1 aromatic rings. The maximum absolute atomic E-state index is 11.8. The van der Waals surface area contributed by atoms with E-state index in [2.05, 4.69) is 15.3 Å². The van der Waals surface area contributed by atoms with E-state index in [0.29, 0.717) is 0 Å². The molecule has 116 valence electrons. The second-order valence-electron chi connectivity index (χ2n) is 4.52. The first kappa shape index (κ1) is 17.2. The van der Waals surface area contributed by atoms with Crippen molar-refractivity contribution in [2.75, 3.05) is 5.75 Å². The molecule has 1 rings (SSSR count). The maximum atomic E-state index is 11.8. The Hall–Kier alpha value is -1.83. The number of H-pyrrole nitrogens is 1. The van der Waals surface area contributed by atoms with Gasteiger partial charge in [-0.05, 0) is 19.8 Å². The van der Waals surface area contributed by atoms with E-state index in [1.165, 1.54) is 6.92 Å². The molecule has 0 atom stereocenters. The Balaban J connectivity index is 2.82. The number of amides is 1. The zero-order chi connectivity index (χ0) is 16.0. The molecule has 0 aliphatic carbocycles. The molecule has 7 nitrogen and oxygen atoms in total. The molecule has 0 bridgehead atoms. The lowest BCUT2D eigenvalue weighted by atomic mass is 10.2. The van der Waals surface area contributed by atoms with Crippen LogP contribution in [0.3, 0.4) is 0 Å². The van der Waals surface area contributed by atoms with E-state index in [0.717, 1.165) is 24.6 Å². The topological polar surface area (TPSA) is 112 Å². The van der Waals surface area contributed by atoms with E-state index in [1.807, 2.05) is 13.8 Å². The highest BCUT2D eigenvalue weighted by Crippen LogP contribution is 2.20. The van der Waals surface area contributed by atoms with Gasteiger partial charge in [-0.3, -0.25) is 4.79 Å². The smallest absolute Gasteiger partial charge is 0.346 e. The summed E-state index contributed by atoms with van der Waals surface area (Å²) in [6.07, 6.45) is 1.66. The Morgan fingerprint density at radius 3 is 2.52 bits per heavy atom. The molecule has 0 fully saturated rings. The van der Waals surface area contributed by atoms with Gasteiger partial charge in [0, 0.05) is 11.7 Å². The summed E-state index contributed by atoms with van der Waals surface area (Å²) in [5, 5.41) is 12.1. The van der Waals surface area contributed by atoms with Crippen molar-refractivity contribution < 1.29 is 14.7 Å². The number of rotatable bonds is 7. The Morgan fingerprint density at radius 1 is 1.38 bits per heavy atom. The number of nitrogens with zero attached hydrogens (tertiary/aromatic N) is 1. The van der Waals surface area contributed by atoms with Crippen molar-refractivity contribution in [1.29, 1.82) is 0 Å². The molecular weight excluding hydrogens is 294 g/mol. The van der Waals surface area contributed by atoms with Crippen LogP contribution in [0.5, 0.6) is 0 Å². The molecule has 21 heavy (non-hydrogen) atoms. The number of carbonyl (C=O) groups excluding carboxylic acids is 1. The van der Waals surface area contributed by atoms with Crippen molar-refractivity contribution in [3.8, 4) is 0 Å². The molecule has 0 aliphatic rings. The SMILES string of the molecule is CCC(CC)NC(=O)CSc1nc(=O)[nH]c(C)c1C(=O)O. The number of aromatic amines is 1. The predicted octanol–water partition coefficient (Wildman–Crippen LogP) is 1.17. The van der Waals surface area contributed by atoms with Gasteiger partial charge in [-0.15, -0.1) is 0 Å². The minimum atomic E-state index is -1.18. The van der Waals surface area contributed by atoms with Crippen LogP contribution in [0, 0.1) is 6.92 Å². The average molecular weight is 313 g/mol. The van der Waals surface area contributed by atoms with Crippen LogP contribution in [0.1, 0.15) is 42.7 Å². The van der Waals surface area contributed by atoms with Gasteiger partial charge in [0.2, 0.25) is 5.91 Å². The van der Waals surface area contributed by atoms with Crippen LogP contribution in [-0.2, 0) is 4.79 Å². The van der Waals surface area contributed by atoms with Gasteiger partial charge in [-0.1, -0.05) is 25.6 Å². The van der Waals surface area contributed by atoms with Crippen molar-refractivity contribution in [3.63, 3.8) is 0 Å². The van der Waals surface area contributed by atoms with Gasteiger partial charge < -0.3 is 15.4 Å². The monoisotopic (exact) mass is 313 g/mol. The zero-order valence-corrected chi connectivity index (χ0v) is 13.0. The molecule has 0 aromatic carbocycles. The second-order valence-corrected chi connectivity index (χ2v) is 5.49. The quantitative estimate of drug-likeness (QED) is 0.514. The molecule has 1 heterocycles. The molecule has 1 aromatic heterocycles. The maximum Gasteiger partial charge on any atom is 0.346 e. The lowest BCUT2D eigenvalue weighted by Gasteiger charge is -2.14. The lowest BCUT2D eigenvalue weighted by molar-refractivity contribution is -0.119. The summed E-state index contributed by atoms with van der Waals surface area (Å²) in [5.74, 6) is -1.36. The van der Waals surface area contributed by atoms with Crippen LogP contribution in [0.4, 0.5) is 0 Å². The van der Waals surface area contributed by atoms with Crippen LogP contribution in [-0.4, -0.2) is 38.7 Å². The van der Waals surface area contributed by atoms with Crippen molar-refractivity contribution in [2.45, 2.75) is 44.7 Å². The van der Waals surface area contributed by atoms with Crippen molar-refractivity contribution in [2.24, 2.45) is 0 Å². The molecule has 0 saturated carbocycles. The zero-order valence-electron chi connectivity index (χ0n) is 12.2. The van der Waals surface area contributed by atoms with E-state index in [4.69, 9.17) is 5.11 Å². The number of nitrogens with one attached hydrogen (secondary N) is 2. The number of hydrogen-bond acceptors (Lipinski definition) is 5. The van der Waals surface area contributed by atoms with E-state index in [9.17, 15) is 14.4 Å². The molecule has 0 aliphatic heterocycles. The van der Waals surface area contributed by atoms with Gasteiger partial charge in [0.1, 0.15) is 10.6 Å². The Morgan fingerprint density at radius 2 is 2.00 bits per heavy atom. The van der Waals surface area contributed by atoms with Gasteiger partial charge >= 0.3 is 11.7 Å². The highest BCUT2D eigenvalue weighted by atomic mass is 32.2. The summed E-state index contributed by atoms with van der Waals surface area (Å²) in [7, 11) is 0. The van der Waals surface area contributed by atoms with E-state index >= 15 is 0 Å². The number of thioether (sulfide) groups is 1. The Labute approximate surface area is 126 Å². The predicted molar refractivity (Wildman–Crippen MR) is 79.8 cm³/mol. The van der Waals surface area contributed by atoms with E-state index in [-0.39, 0.29) is 34.0 Å². The Bertz CT molecular complexity index is 581. The largest absolute Gasteiger partial charge is 0.478 e. The second kappa shape index (κ2) is 7.82. The molecular formula is C13H19N3O4S. The molecule has 0 radical (unpaired) electrons. The number of carbonyl (C=O) groups is 2. The number of aryl methyl sites for hydroxylation is 1. The molecule has 3 N–H and O–H groups in total. The minimum absolute atomic E-state index is 0.0205. The Kier molecular flexibility index (Phi) is 6.41. The highest BCUT2D eigenvalue weighted by Gasteiger charge is 2.18. The third-order valence-corrected chi connectivity index (χ3v) is 3.97. The summed E-state index contributed by atoms with van der Waals surface area (Å²) >= 11 is 0.951. The van der Waals surface area contributed by atoms with Crippen LogP contribution in [0.25, 0.3) is 0 Å². The first-order chi connectivity index (χ1) is 9.88. The van der Waals surface area contributed by atoms with Crippen LogP contribution < -0.4 is 11.0 Å². The number of hydrogen-bond donors (Lipinski definition) is 3. The molecule has 0 spiro atoms. The normalized spacial score (nSPS) is 10.7. The van der Waals surface area contributed by atoms with Gasteiger partial charge in [0.15, 0.2) is 0 Å². The summed E-state index contributed by atoms with van der Waals surface area (Å²) in [6.45, 7) is 5.44. The first-order valence-electron chi connectivity index (χ1n) is 6.65. The fraction of sp³-hybridized carbons (Fsp3) is 0.538. The van der Waals surface area contributed by atoms with Crippen molar-refractivity contribution in [3.05, 3.63) is 21.7 Å². The summed E-state index contributed by atoms with van der Waals surface area (Å²) in [4.78, 5) is 40.3. The van der Waals surface area contributed by atoms with Gasteiger partial charge in [0.05, 0.1) is 5.75 Å². The number of aromatic nitrogens is 2. The highest BCUT2D eigenvalue weighted by molar-refractivity contribution is 8.00. The fourth-order valence-electron chi connectivity index (χ4n) is 1.81. The third kappa shape index (κ3) is 4.89. The summed E-state index contributed by atoms with van der Waals surface area (Å²) in [5.41, 5.74) is -0.472. The lowest BCUT2D eigenvalue weighted by Crippen LogP contribution is -2.35. The number of carboxylic acids is 1. The standard InChI is InChI=1S/C13H19N3O4S/c1-4-8(5-2)15-9(17)6-21-11-10(12(18)19)7(3)14-13(20)16-11/h8H,4-6H2,1-3H3,(H,15,17)(H,18,19)(H,14,16,20).